The highest BCUT2D eigenvalue weighted by molar-refractivity contribution is 5.70. The monoisotopic (exact) mass is 320 g/mol. The molecule has 0 fully saturated rings. The van der Waals surface area contributed by atoms with Crippen LogP contribution >= 0.6 is 0 Å². The molecule has 0 radical (unpaired) electrons. The molecule has 0 aromatic heterocycles. The molecule has 23 heavy (non-hydrogen) atoms. The molecule has 128 valence electrons. The van der Waals surface area contributed by atoms with Crippen LogP contribution in [-0.4, -0.2) is 11.6 Å². The molecular formula is C20H29FO2. The van der Waals surface area contributed by atoms with Crippen molar-refractivity contribution < 1.29 is 13.9 Å². The van der Waals surface area contributed by atoms with Crippen molar-refractivity contribution in [1.29, 1.82) is 0 Å². The van der Waals surface area contributed by atoms with E-state index in [0.717, 1.165) is 24.8 Å². The van der Waals surface area contributed by atoms with E-state index in [2.05, 4.69) is 13.5 Å². The van der Waals surface area contributed by atoms with E-state index in [1.54, 1.807) is 12.1 Å². The van der Waals surface area contributed by atoms with Gasteiger partial charge in [0.25, 0.3) is 0 Å². The van der Waals surface area contributed by atoms with E-state index in [9.17, 15) is 9.18 Å². The number of unbranched alkanes of at least 4 members (excludes halogenated alkanes) is 1. The Balaban J connectivity index is 2.82. The Kier molecular flexibility index (Phi) is 7.47. The van der Waals surface area contributed by atoms with Crippen LogP contribution in [0.2, 0.25) is 0 Å². The van der Waals surface area contributed by atoms with Crippen molar-refractivity contribution >= 4 is 5.97 Å². The van der Waals surface area contributed by atoms with E-state index in [1.165, 1.54) is 6.07 Å². The average molecular weight is 320 g/mol. The van der Waals surface area contributed by atoms with Gasteiger partial charge in [0, 0.05) is 12.3 Å². The van der Waals surface area contributed by atoms with E-state index >= 15 is 0 Å². The maximum Gasteiger partial charge on any atom is 0.306 e. The van der Waals surface area contributed by atoms with Gasteiger partial charge in [-0.15, -0.1) is 0 Å². The first-order valence-corrected chi connectivity index (χ1v) is 8.38. The number of allylic oxidation sites excluding steroid dienone is 1. The summed E-state index contributed by atoms with van der Waals surface area (Å²) in [5, 5.41) is 0. The molecule has 0 bridgehead atoms. The summed E-state index contributed by atoms with van der Waals surface area (Å²) in [5.41, 5.74) is 1.11. The minimum Gasteiger partial charge on any atom is -0.460 e. The summed E-state index contributed by atoms with van der Waals surface area (Å²) in [6, 6.07) is 6.75. The van der Waals surface area contributed by atoms with E-state index < -0.39 is 5.60 Å². The number of halogens is 1. The van der Waals surface area contributed by atoms with E-state index in [-0.39, 0.29) is 24.1 Å². The fourth-order valence-electron chi connectivity index (χ4n) is 2.57. The number of hydrogen-bond donors (Lipinski definition) is 0. The zero-order valence-corrected chi connectivity index (χ0v) is 14.8. The standard InChI is InChI=1S/C20H29FO2/c1-6-7-10-15(2)16(17-11-8-9-12-18(17)21)13-14-19(22)23-20(3,4)5/h8-9,11-12,16H,2,6-7,10,13-14H2,1,3-5H3. The van der Waals surface area contributed by atoms with Crippen molar-refractivity contribution in [3.63, 3.8) is 0 Å². The van der Waals surface area contributed by atoms with Gasteiger partial charge in [-0.2, -0.15) is 0 Å². The van der Waals surface area contributed by atoms with Crippen LogP contribution in [0.25, 0.3) is 0 Å². The lowest BCUT2D eigenvalue weighted by molar-refractivity contribution is -0.154. The summed E-state index contributed by atoms with van der Waals surface area (Å²) in [6.07, 6.45) is 3.73. The predicted octanol–water partition coefficient (Wildman–Crippen LogP) is 5.78. The Labute approximate surface area is 139 Å². The topological polar surface area (TPSA) is 26.3 Å². The Hall–Kier alpha value is -1.64. The van der Waals surface area contributed by atoms with Crippen LogP contribution < -0.4 is 0 Å². The average Bonchev–Trinajstić information content (AvgIpc) is 2.45. The van der Waals surface area contributed by atoms with Gasteiger partial charge in [-0.05, 0) is 51.7 Å². The lowest BCUT2D eigenvalue weighted by atomic mass is 9.85. The van der Waals surface area contributed by atoms with Crippen molar-refractivity contribution in [3.05, 3.63) is 47.8 Å². The number of hydrogen-bond acceptors (Lipinski definition) is 2. The molecule has 1 aromatic carbocycles. The predicted molar refractivity (Wildman–Crippen MR) is 92.9 cm³/mol. The second-order valence-electron chi connectivity index (χ2n) is 6.96. The molecular weight excluding hydrogens is 291 g/mol. The molecule has 0 aliphatic heterocycles. The van der Waals surface area contributed by atoms with E-state index in [1.807, 2.05) is 26.8 Å². The number of carbonyl (C=O) groups excluding carboxylic acids is 1. The van der Waals surface area contributed by atoms with Crippen LogP contribution in [0.15, 0.2) is 36.4 Å². The summed E-state index contributed by atoms with van der Waals surface area (Å²) >= 11 is 0. The normalized spacial score (nSPS) is 12.7. The van der Waals surface area contributed by atoms with Crippen molar-refractivity contribution in [2.24, 2.45) is 0 Å². The Bertz CT molecular complexity index is 529. The second-order valence-corrected chi connectivity index (χ2v) is 6.96. The minimum atomic E-state index is -0.496. The van der Waals surface area contributed by atoms with Gasteiger partial charge in [0.05, 0.1) is 0 Å². The number of esters is 1. The van der Waals surface area contributed by atoms with Gasteiger partial charge < -0.3 is 4.74 Å². The maximum atomic E-state index is 14.2. The fourth-order valence-corrected chi connectivity index (χ4v) is 2.57. The fraction of sp³-hybridized carbons (Fsp3) is 0.550. The molecule has 0 amide bonds. The Morgan fingerprint density at radius 2 is 1.91 bits per heavy atom. The molecule has 2 nitrogen and oxygen atoms in total. The highest BCUT2D eigenvalue weighted by Gasteiger charge is 2.22. The lowest BCUT2D eigenvalue weighted by Crippen LogP contribution is -2.24. The Morgan fingerprint density at radius 1 is 1.26 bits per heavy atom. The third kappa shape index (κ3) is 6.98. The highest BCUT2D eigenvalue weighted by Crippen LogP contribution is 2.33. The molecule has 0 saturated heterocycles. The lowest BCUT2D eigenvalue weighted by Gasteiger charge is -2.23. The first-order chi connectivity index (χ1) is 10.7. The molecule has 0 N–H and O–H groups in total. The SMILES string of the molecule is C=C(CCCC)C(CCC(=O)OC(C)(C)C)c1ccccc1F. The number of carbonyl (C=O) groups is 1. The summed E-state index contributed by atoms with van der Waals surface area (Å²) in [7, 11) is 0. The number of rotatable bonds is 8. The molecule has 1 aromatic rings. The van der Waals surface area contributed by atoms with Crippen LogP contribution in [0, 0.1) is 5.82 Å². The van der Waals surface area contributed by atoms with Crippen LogP contribution in [0.5, 0.6) is 0 Å². The summed E-state index contributed by atoms with van der Waals surface area (Å²) in [4.78, 5) is 12.0. The zero-order chi connectivity index (χ0) is 17.5. The third-order valence-corrected chi connectivity index (χ3v) is 3.68. The summed E-state index contributed by atoms with van der Waals surface area (Å²) in [5.74, 6) is -0.628. The molecule has 1 unspecified atom stereocenters. The van der Waals surface area contributed by atoms with Crippen molar-refractivity contribution in [3.8, 4) is 0 Å². The van der Waals surface area contributed by atoms with Crippen molar-refractivity contribution in [1.82, 2.24) is 0 Å². The molecule has 1 rings (SSSR count). The van der Waals surface area contributed by atoms with Crippen molar-refractivity contribution in [2.75, 3.05) is 0 Å². The molecule has 0 aliphatic carbocycles. The quantitative estimate of drug-likeness (QED) is 0.448. The van der Waals surface area contributed by atoms with Crippen LogP contribution in [0.4, 0.5) is 4.39 Å². The van der Waals surface area contributed by atoms with Gasteiger partial charge in [-0.1, -0.05) is 43.7 Å². The molecule has 1 atom stereocenters. The number of ether oxygens (including phenoxy) is 1. The van der Waals surface area contributed by atoms with Crippen LogP contribution in [0.1, 0.15) is 71.3 Å². The smallest absolute Gasteiger partial charge is 0.306 e. The van der Waals surface area contributed by atoms with Gasteiger partial charge in [0.2, 0.25) is 0 Å². The van der Waals surface area contributed by atoms with Crippen LogP contribution in [0.3, 0.4) is 0 Å². The molecule has 0 aliphatic rings. The molecule has 0 saturated carbocycles. The van der Waals surface area contributed by atoms with Gasteiger partial charge in [0.1, 0.15) is 11.4 Å². The minimum absolute atomic E-state index is 0.143. The molecule has 0 heterocycles. The second kappa shape index (κ2) is 8.85. The van der Waals surface area contributed by atoms with Gasteiger partial charge in [-0.25, -0.2) is 4.39 Å². The highest BCUT2D eigenvalue weighted by atomic mass is 19.1. The largest absolute Gasteiger partial charge is 0.460 e. The maximum absolute atomic E-state index is 14.2. The van der Waals surface area contributed by atoms with Gasteiger partial charge in [-0.3, -0.25) is 4.79 Å². The van der Waals surface area contributed by atoms with Gasteiger partial charge >= 0.3 is 5.97 Å². The Morgan fingerprint density at radius 3 is 2.48 bits per heavy atom. The molecule has 0 spiro atoms. The first-order valence-electron chi connectivity index (χ1n) is 8.38. The third-order valence-electron chi connectivity index (χ3n) is 3.68. The van der Waals surface area contributed by atoms with Gasteiger partial charge in [0.15, 0.2) is 0 Å². The molecule has 3 heteroatoms. The first kappa shape index (κ1) is 19.4. The summed E-state index contributed by atoms with van der Waals surface area (Å²) in [6.45, 7) is 11.8. The number of benzene rings is 1. The summed E-state index contributed by atoms with van der Waals surface area (Å²) < 4.78 is 19.5. The van der Waals surface area contributed by atoms with E-state index in [4.69, 9.17) is 4.74 Å². The zero-order valence-electron chi connectivity index (χ0n) is 14.8. The van der Waals surface area contributed by atoms with E-state index in [0.29, 0.717) is 12.0 Å². The van der Waals surface area contributed by atoms with Crippen molar-refractivity contribution in [2.45, 2.75) is 71.3 Å². The van der Waals surface area contributed by atoms with Crippen LogP contribution in [-0.2, 0) is 9.53 Å².